The van der Waals surface area contributed by atoms with Gasteiger partial charge in [0.05, 0.1) is 17.9 Å². The van der Waals surface area contributed by atoms with Crippen LogP contribution in [0.5, 0.6) is 0 Å². The lowest BCUT2D eigenvalue weighted by molar-refractivity contribution is -0.255. The molecule has 0 aliphatic carbocycles. The topological polar surface area (TPSA) is 110 Å². The Bertz CT molecular complexity index is 1040. The van der Waals surface area contributed by atoms with Gasteiger partial charge in [-0.3, -0.25) is 9.89 Å². The number of nitrogens with zero attached hydrogens (tertiary/aromatic N) is 2. The molecule has 0 radical (unpaired) electrons. The first-order valence-electron chi connectivity index (χ1n) is 8.22. The summed E-state index contributed by atoms with van der Waals surface area (Å²) in [5, 5.41) is 21.7. The zero-order valence-corrected chi connectivity index (χ0v) is 14.8. The third-order valence-electron chi connectivity index (χ3n) is 4.18. The molecule has 0 saturated heterocycles. The zero-order valence-electron chi connectivity index (χ0n) is 14.8. The summed E-state index contributed by atoms with van der Waals surface area (Å²) in [6.45, 7) is 4.04. The molecule has 3 rings (SSSR count). The molecule has 0 bridgehead atoms. The normalized spacial score (nSPS) is 10.9. The van der Waals surface area contributed by atoms with Crippen molar-refractivity contribution >= 4 is 18.1 Å². The number of carboxylic acids is 1. The standard InChI is InChI=1S/C20H18N4O3/c1-12-7-8-14(9-13(12)2)17-10-18(23-22-17)19(25)24-21-11-15-5-3-4-6-16(15)20(26)27/h3-11H,1-2H3,(H,22,23)(H,24,25)(H,26,27)/p-1/b21-11-. The number of aromatic carboxylic acids is 1. The SMILES string of the molecule is Cc1ccc(-c2cc(C(=O)N/N=C\c3ccccc3C(=O)[O-])[nH]n2)cc1C. The highest BCUT2D eigenvalue weighted by Crippen LogP contribution is 2.20. The Morgan fingerprint density at radius 1 is 1.11 bits per heavy atom. The van der Waals surface area contributed by atoms with Crippen LogP contribution in [0, 0.1) is 13.8 Å². The summed E-state index contributed by atoms with van der Waals surface area (Å²) in [7, 11) is 0. The van der Waals surface area contributed by atoms with Gasteiger partial charge in [0.2, 0.25) is 0 Å². The summed E-state index contributed by atoms with van der Waals surface area (Å²) < 4.78 is 0. The Hall–Kier alpha value is -3.74. The summed E-state index contributed by atoms with van der Waals surface area (Å²) in [5.41, 5.74) is 6.78. The Kier molecular flexibility index (Phi) is 5.12. The van der Waals surface area contributed by atoms with E-state index >= 15 is 0 Å². The van der Waals surface area contributed by atoms with Crippen LogP contribution in [0.3, 0.4) is 0 Å². The van der Waals surface area contributed by atoms with Gasteiger partial charge >= 0.3 is 0 Å². The number of carbonyl (C=O) groups is 2. The predicted molar refractivity (Wildman–Crippen MR) is 99.3 cm³/mol. The first-order chi connectivity index (χ1) is 13.0. The van der Waals surface area contributed by atoms with E-state index in [0.717, 1.165) is 11.1 Å². The van der Waals surface area contributed by atoms with Gasteiger partial charge in [-0.25, -0.2) is 5.43 Å². The molecule has 0 spiro atoms. The molecule has 0 aliphatic heterocycles. The van der Waals surface area contributed by atoms with E-state index in [0.29, 0.717) is 11.3 Å². The molecule has 0 saturated carbocycles. The highest BCUT2D eigenvalue weighted by Gasteiger charge is 2.11. The van der Waals surface area contributed by atoms with Crippen molar-refractivity contribution in [2.75, 3.05) is 0 Å². The highest BCUT2D eigenvalue weighted by atomic mass is 16.4. The smallest absolute Gasteiger partial charge is 0.289 e. The van der Waals surface area contributed by atoms with Crippen molar-refractivity contribution < 1.29 is 14.7 Å². The number of aryl methyl sites for hydroxylation is 2. The van der Waals surface area contributed by atoms with E-state index in [4.69, 9.17) is 0 Å². The third kappa shape index (κ3) is 4.09. The average Bonchev–Trinajstić information content (AvgIpc) is 3.14. The van der Waals surface area contributed by atoms with Crippen LogP contribution in [0.25, 0.3) is 11.3 Å². The molecule has 1 amide bonds. The van der Waals surface area contributed by atoms with Crippen molar-refractivity contribution in [1.82, 2.24) is 15.6 Å². The van der Waals surface area contributed by atoms with Gasteiger partial charge in [0.15, 0.2) is 0 Å². The number of benzene rings is 2. The van der Waals surface area contributed by atoms with Crippen molar-refractivity contribution in [3.63, 3.8) is 0 Å². The van der Waals surface area contributed by atoms with Crippen molar-refractivity contribution in [2.24, 2.45) is 5.10 Å². The first-order valence-corrected chi connectivity index (χ1v) is 8.22. The fourth-order valence-corrected chi connectivity index (χ4v) is 2.50. The fraction of sp³-hybridized carbons (Fsp3) is 0.100. The van der Waals surface area contributed by atoms with Gasteiger partial charge in [-0.05, 0) is 37.1 Å². The zero-order chi connectivity index (χ0) is 19.4. The molecule has 27 heavy (non-hydrogen) atoms. The van der Waals surface area contributed by atoms with Gasteiger partial charge in [0.1, 0.15) is 5.69 Å². The van der Waals surface area contributed by atoms with E-state index in [-0.39, 0.29) is 11.3 Å². The van der Waals surface area contributed by atoms with E-state index in [2.05, 4.69) is 20.7 Å². The van der Waals surface area contributed by atoms with Crippen LogP contribution in [0.15, 0.2) is 53.6 Å². The molecule has 7 heteroatoms. The lowest BCUT2D eigenvalue weighted by Crippen LogP contribution is -2.24. The molecule has 7 nitrogen and oxygen atoms in total. The highest BCUT2D eigenvalue weighted by molar-refractivity contribution is 5.98. The van der Waals surface area contributed by atoms with Crippen LogP contribution >= 0.6 is 0 Å². The third-order valence-corrected chi connectivity index (χ3v) is 4.18. The van der Waals surface area contributed by atoms with E-state index in [1.54, 1.807) is 24.3 Å². The van der Waals surface area contributed by atoms with Crippen molar-refractivity contribution in [3.05, 3.63) is 76.5 Å². The average molecular weight is 361 g/mol. The number of amides is 1. The molecule has 1 heterocycles. The molecule has 0 unspecified atom stereocenters. The largest absolute Gasteiger partial charge is 0.545 e. The number of hydrogen-bond donors (Lipinski definition) is 2. The molecular formula is C20H17N4O3-. The molecule has 0 atom stereocenters. The van der Waals surface area contributed by atoms with E-state index < -0.39 is 11.9 Å². The number of hydrogen-bond acceptors (Lipinski definition) is 5. The van der Waals surface area contributed by atoms with Gasteiger partial charge in [0.25, 0.3) is 5.91 Å². The number of carbonyl (C=O) groups excluding carboxylic acids is 2. The molecule has 136 valence electrons. The molecule has 1 aromatic heterocycles. The Morgan fingerprint density at radius 3 is 2.63 bits per heavy atom. The van der Waals surface area contributed by atoms with Gasteiger partial charge in [-0.1, -0.05) is 36.4 Å². The second kappa shape index (κ2) is 7.65. The molecule has 0 fully saturated rings. The maximum absolute atomic E-state index is 12.2. The van der Waals surface area contributed by atoms with Gasteiger partial charge in [0, 0.05) is 16.7 Å². The number of nitrogens with one attached hydrogen (secondary N) is 2. The van der Waals surface area contributed by atoms with Crippen molar-refractivity contribution in [1.29, 1.82) is 0 Å². The summed E-state index contributed by atoms with van der Waals surface area (Å²) in [6.07, 6.45) is 1.25. The maximum Gasteiger partial charge on any atom is 0.289 e. The van der Waals surface area contributed by atoms with Crippen LogP contribution in [0.4, 0.5) is 0 Å². The van der Waals surface area contributed by atoms with E-state index in [1.165, 1.54) is 17.8 Å². The number of H-pyrrole nitrogens is 1. The molecule has 3 aromatic rings. The van der Waals surface area contributed by atoms with E-state index in [9.17, 15) is 14.7 Å². The second-order valence-corrected chi connectivity index (χ2v) is 6.04. The summed E-state index contributed by atoms with van der Waals surface area (Å²) in [6, 6.07) is 13.8. The van der Waals surface area contributed by atoms with Crippen LogP contribution in [0.1, 0.15) is 37.5 Å². The Morgan fingerprint density at radius 2 is 1.89 bits per heavy atom. The van der Waals surface area contributed by atoms with Crippen LogP contribution in [-0.4, -0.2) is 28.3 Å². The number of aromatic amines is 1. The van der Waals surface area contributed by atoms with E-state index in [1.807, 2.05) is 32.0 Å². The number of aromatic nitrogens is 2. The monoisotopic (exact) mass is 361 g/mol. The minimum Gasteiger partial charge on any atom is -0.545 e. The van der Waals surface area contributed by atoms with Gasteiger partial charge in [-0.2, -0.15) is 10.2 Å². The number of rotatable bonds is 5. The number of carboxylic acid groups (broad SMARTS) is 1. The molecule has 0 aliphatic rings. The Balaban J connectivity index is 1.71. The number of hydrazone groups is 1. The lowest BCUT2D eigenvalue weighted by atomic mass is 10.0. The van der Waals surface area contributed by atoms with Gasteiger partial charge < -0.3 is 9.90 Å². The first kappa shape index (κ1) is 18.1. The maximum atomic E-state index is 12.2. The summed E-state index contributed by atoms with van der Waals surface area (Å²) in [5.74, 6) is -1.80. The predicted octanol–water partition coefficient (Wildman–Crippen LogP) is 1.82. The fourth-order valence-electron chi connectivity index (χ4n) is 2.50. The summed E-state index contributed by atoms with van der Waals surface area (Å²) in [4.78, 5) is 23.2. The van der Waals surface area contributed by atoms with Crippen LogP contribution in [0.2, 0.25) is 0 Å². The van der Waals surface area contributed by atoms with Crippen molar-refractivity contribution in [2.45, 2.75) is 13.8 Å². The molecule has 2 N–H and O–H groups in total. The van der Waals surface area contributed by atoms with Gasteiger partial charge in [-0.15, -0.1) is 0 Å². The second-order valence-electron chi connectivity index (χ2n) is 6.04. The Labute approximate surface area is 155 Å². The lowest BCUT2D eigenvalue weighted by Gasteiger charge is -2.05. The van der Waals surface area contributed by atoms with Crippen LogP contribution < -0.4 is 10.5 Å². The summed E-state index contributed by atoms with van der Waals surface area (Å²) >= 11 is 0. The molecule has 2 aromatic carbocycles. The minimum atomic E-state index is -1.31. The van der Waals surface area contributed by atoms with Crippen LogP contribution in [-0.2, 0) is 0 Å². The van der Waals surface area contributed by atoms with Crippen molar-refractivity contribution in [3.8, 4) is 11.3 Å². The quantitative estimate of drug-likeness (QED) is 0.533. The minimum absolute atomic E-state index is 0.00549. The molecular weight excluding hydrogens is 344 g/mol.